The molecule has 0 spiro atoms. The Kier molecular flexibility index (Phi) is 25.0. The Morgan fingerprint density at radius 1 is 0.810 bits per heavy atom. The number of phosphoric ester groups is 1. The topological polar surface area (TPSA) is 105 Å². The van der Waals surface area contributed by atoms with Crippen LogP contribution in [0.15, 0.2) is 48.6 Å². The Labute approximate surface area is 256 Å². The highest BCUT2D eigenvalue weighted by Crippen LogP contribution is 2.41. The summed E-state index contributed by atoms with van der Waals surface area (Å²) in [7, 11) is 1.15. The molecule has 244 valence electrons. The lowest BCUT2D eigenvalue weighted by Crippen LogP contribution is -2.39. The molecule has 0 aromatic carbocycles. The van der Waals surface area contributed by atoms with Crippen molar-refractivity contribution in [3.05, 3.63) is 48.6 Å². The van der Waals surface area contributed by atoms with E-state index in [0.29, 0.717) is 30.3 Å². The summed E-state index contributed by atoms with van der Waals surface area (Å²) in [6.45, 7) is 4.18. The lowest BCUT2D eigenvalue weighted by Gasteiger charge is -2.33. The predicted molar refractivity (Wildman–Crippen MR) is 171 cm³/mol. The zero-order valence-corrected chi connectivity index (χ0v) is 28.0. The van der Waals surface area contributed by atoms with Crippen molar-refractivity contribution in [3.63, 3.8) is 0 Å². The lowest BCUT2D eigenvalue weighted by molar-refractivity contribution is -0.870. The molecule has 0 aliphatic carbocycles. The van der Waals surface area contributed by atoms with Crippen LogP contribution in [0.1, 0.15) is 104 Å². The molecule has 42 heavy (non-hydrogen) atoms. The van der Waals surface area contributed by atoms with E-state index in [0.717, 1.165) is 38.5 Å². The minimum atomic E-state index is -4.63. The van der Waals surface area contributed by atoms with Gasteiger partial charge < -0.3 is 28.3 Å². The monoisotopic (exact) mass is 613 g/mol. The lowest BCUT2D eigenvalue weighted by atomic mass is 10.1. The van der Waals surface area contributed by atoms with E-state index in [1.54, 1.807) is 0 Å². The van der Waals surface area contributed by atoms with Gasteiger partial charge in [0.05, 0.1) is 27.7 Å². The number of likely N-dealkylation sites (N-methyl/N-ethyl adjacent to an activating group) is 1. The molecular weight excluding hydrogens is 553 g/mol. The zero-order valence-electron chi connectivity index (χ0n) is 27.1. The number of nitrogens with zero attached hydrogens (tertiary/aromatic N) is 1. The number of aliphatic hydroxyl groups excluding tert-OH is 1. The van der Waals surface area contributed by atoms with Crippen LogP contribution < -0.4 is 4.89 Å². The standard InChI is InChI=1S/C33H60NO7P/c1-6-8-10-11-12-13-14-15-16-17-18-19-20-21-22-23-25-27-33(36)40-32(30-35)31(26-24-9-7-2)41-42(37,38)39-29-28-34(3,4)5/h12-13,15-16,18-19,21-22,31-32,35H,6-11,14,17,20,23-30H2,1-5H3/b13-12-,16-15-,19-18-,22-21-/t31?,32-/m0/s1. The molecule has 8 nitrogen and oxygen atoms in total. The fourth-order valence-corrected chi connectivity index (χ4v) is 4.85. The molecule has 0 aromatic rings. The molecule has 0 aliphatic heterocycles. The minimum absolute atomic E-state index is 0.0208. The van der Waals surface area contributed by atoms with E-state index in [2.05, 4.69) is 49.5 Å². The van der Waals surface area contributed by atoms with Gasteiger partial charge in [-0.25, -0.2) is 0 Å². The number of quaternary nitrogens is 1. The molecule has 0 radical (unpaired) electrons. The molecule has 3 atom stereocenters. The van der Waals surface area contributed by atoms with E-state index in [1.807, 2.05) is 34.1 Å². The molecule has 0 amide bonds. The van der Waals surface area contributed by atoms with E-state index < -0.39 is 32.6 Å². The van der Waals surface area contributed by atoms with Gasteiger partial charge >= 0.3 is 5.97 Å². The van der Waals surface area contributed by atoms with Crippen LogP contribution in [0.5, 0.6) is 0 Å². The number of unbranched alkanes of at least 4 members (excludes halogenated alkanes) is 6. The molecule has 0 bridgehead atoms. The summed E-state index contributed by atoms with van der Waals surface area (Å²) < 4.78 is 28.8. The van der Waals surface area contributed by atoms with Crippen molar-refractivity contribution in [1.82, 2.24) is 0 Å². The summed E-state index contributed by atoms with van der Waals surface area (Å²) in [5, 5.41) is 9.88. The van der Waals surface area contributed by atoms with Gasteiger partial charge in [0.25, 0.3) is 7.82 Å². The molecular formula is C33H60NO7P. The summed E-state index contributed by atoms with van der Waals surface area (Å²) in [5.41, 5.74) is 0. The quantitative estimate of drug-likeness (QED) is 0.0344. The maximum Gasteiger partial charge on any atom is 0.306 e. The fourth-order valence-electron chi connectivity index (χ4n) is 3.91. The van der Waals surface area contributed by atoms with Gasteiger partial charge in [0.15, 0.2) is 6.10 Å². The number of carbonyl (C=O) groups is 1. The third kappa shape index (κ3) is 26.1. The van der Waals surface area contributed by atoms with Gasteiger partial charge in [-0.15, -0.1) is 0 Å². The number of esters is 1. The number of hydrogen-bond acceptors (Lipinski definition) is 7. The Balaban J connectivity index is 4.44. The van der Waals surface area contributed by atoms with Crippen molar-refractivity contribution in [1.29, 1.82) is 0 Å². The second kappa shape index (κ2) is 25.9. The van der Waals surface area contributed by atoms with Gasteiger partial charge in [-0.1, -0.05) is 94.6 Å². The van der Waals surface area contributed by atoms with Gasteiger partial charge in [-0.05, 0) is 51.4 Å². The summed E-state index contributed by atoms with van der Waals surface area (Å²) >= 11 is 0. The average molecular weight is 614 g/mol. The fraction of sp³-hybridized carbons (Fsp3) is 0.727. The maximum atomic E-state index is 12.4. The predicted octanol–water partition coefficient (Wildman–Crippen LogP) is 7.19. The number of ether oxygens (including phenoxy) is 1. The smallest absolute Gasteiger partial charge is 0.306 e. The number of phosphoric acid groups is 1. The van der Waals surface area contributed by atoms with Crippen molar-refractivity contribution in [2.75, 3.05) is 40.9 Å². The Morgan fingerprint density at radius 2 is 1.33 bits per heavy atom. The second-order valence-corrected chi connectivity index (χ2v) is 13.0. The van der Waals surface area contributed by atoms with Crippen LogP contribution in [-0.2, 0) is 23.1 Å². The normalized spacial score (nSPS) is 15.7. The first-order valence-electron chi connectivity index (χ1n) is 15.9. The minimum Gasteiger partial charge on any atom is -0.756 e. The highest BCUT2D eigenvalue weighted by atomic mass is 31.2. The SMILES string of the molecule is CCCCC/C=C\C/C=C\C/C=C\C/C=C\CCCC(=O)O[C@@H](CO)C(CCCCC)OP(=O)([O-])OCC[N+](C)(C)C. The molecule has 0 heterocycles. The maximum absolute atomic E-state index is 12.4. The van der Waals surface area contributed by atoms with Crippen molar-refractivity contribution >= 4 is 13.8 Å². The zero-order chi connectivity index (χ0) is 31.5. The highest BCUT2D eigenvalue weighted by molar-refractivity contribution is 7.45. The van der Waals surface area contributed by atoms with Crippen LogP contribution in [0.25, 0.3) is 0 Å². The summed E-state index contributed by atoms with van der Waals surface area (Å²) in [6, 6.07) is 0. The van der Waals surface area contributed by atoms with Crippen molar-refractivity contribution in [2.45, 2.75) is 116 Å². The number of rotatable bonds is 27. The van der Waals surface area contributed by atoms with Crippen molar-refractivity contribution in [3.8, 4) is 0 Å². The van der Waals surface area contributed by atoms with Gasteiger partial charge in [0.1, 0.15) is 19.3 Å². The van der Waals surface area contributed by atoms with Crippen LogP contribution >= 0.6 is 7.82 Å². The van der Waals surface area contributed by atoms with Crippen LogP contribution in [0.4, 0.5) is 0 Å². The molecule has 0 saturated carbocycles. The summed E-state index contributed by atoms with van der Waals surface area (Å²) in [6.07, 6.45) is 27.3. The third-order valence-electron chi connectivity index (χ3n) is 6.45. The largest absolute Gasteiger partial charge is 0.756 e. The molecule has 2 unspecified atom stereocenters. The molecule has 0 aromatic heterocycles. The van der Waals surface area contributed by atoms with Gasteiger partial charge in [0, 0.05) is 6.42 Å². The van der Waals surface area contributed by atoms with E-state index in [4.69, 9.17) is 13.8 Å². The van der Waals surface area contributed by atoms with Gasteiger partial charge in [-0.2, -0.15) is 0 Å². The molecule has 0 aliphatic rings. The van der Waals surface area contributed by atoms with E-state index in [-0.39, 0.29) is 13.0 Å². The van der Waals surface area contributed by atoms with Crippen LogP contribution in [0.2, 0.25) is 0 Å². The van der Waals surface area contributed by atoms with E-state index in [9.17, 15) is 19.4 Å². The Bertz CT molecular complexity index is 833. The van der Waals surface area contributed by atoms with Gasteiger partial charge in [-0.3, -0.25) is 9.36 Å². The summed E-state index contributed by atoms with van der Waals surface area (Å²) in [4.78, 5) is 24.9. The molecule has 9 heteroatoms. The number of allylic oxidation sites excluding steroid dienone is 8. The number of carbonyl (C=O) groups excluding carboxylic acids is 1. The first-order chi connectivity index (χ1) is 20.0. The average Bonchev–Trinajstić information content (AvgIpc) is 2.92. The Hall–Kier alpha value is -1.54. The van der Waals surface area contributed by atoms with Crippen molar-refractivity contribution in [2.24, 2.45) is 0 Å². The third-order valence-corrected chi connectivity index (χ3v) is 7.48. The Morgan fingerprint density at radius 3 is 1.86 bits per heavy atom. The molecule has 0 rings (SSSR count). The van der Waals surface area contributed by atoms with E-state index >= 15 is 0 Å². The summed E-state index contributed by atoms with van der Waals surface area (Å²) in [5.74, 6) is -0.485. The first-order valence-corrected chi connectivity index (χ1v) is 17.4. The molecule has 0 saturated heterocycles. The van der Waals surface area contributed by atoms with Crippen LogP contribution in [0, 0.1) is 0 Å². The number of hydrogen-bond donors (Lipinski definition) is 1. The van der Waals surface area contributed by atoms with Crippen molar-refractivity contribution < 1.29 is 37.6 Å². The molecule has 1 N–H and O–H groups in total. The molecule has 0 fully saturated rings. The first kappa shape index (κ1) is 40.5. The van der Waals surface area contributed by atoms with Crippen LogP contribution in [0.3, 0.4) is 0 Å². The highest BCUT2D eigenvalue weighted by Gasteiger charge is 2.29. The number of aliphatic hydroxyl groups is 1. The second-order valence-electron chi connectivity index (χ2n) is 11.6. The van der Waals surface area contributed by atoms with Crippen LogP contribution in [-0.4, -0.2) is 68.7 Å². The van der Waals surface area contributed by atoms with E-state index in [1.165, 1.54) is 25.7 Å². The van der Waals surface area contributed by atoms with Gasteiger partial charge in [0.2, 0.25) is 0 Å².